The maximum absolute atomic E-state index is 8.95. The number of aromatic nitrogens is 2. The molecule has 3 N–H and O–H groups in total. The second-order valence-corrected chi connectivity index (χ2v) is 4.26. The van der Waals surface area contributed by atoms with Gasteiger partial charge in [0.15, 0.2) is 0 Å². The molecule has 0 aliphatic heterocycles. The van der Waals surface area contributed by atoms with Gasteiger partial charge >= 0.3 is 0 Å². The average molecular weight is 219 g/mol. The van der Waals surface area contributed by atoms with E-state index < -0.39 is 0 Å². The number of aliphatic hydroxyl groups is 1. The van der Waals surface area contributed by atoms with Gasteiger partial charge in [-0.2, -0.15) is 0 Å². The smallest absolute Gasteiger partial charge is 0.0958 e. The Morgan fingerprint density at radius 1 is 1.38 bits per heavy atom. The lowest BCUT2D eigenvalue weighted by Crippen LogP contribution is -2.29. The number of aryl methyl sites for hydroxylation is 2. The topological polar surface area (TPSA) is 64.1 Å². The fraction of sp³-hybridized carbons (Fsp3) is 0.417. The molecule has 1 heterocycles. The van der Waals surface area contributed by atoms with Crippen LogP contribution in [0.3, 0.4) is 0 Å². The summed E-state index contributed by atoms with van der Waals surface area (Å²) in [4.78, 5) is 4.33. The van der Waals surface area contributed by atoms with Gasteiger partial charge in [-0.3, -0.25) is 0 Å². The van der Waals surface area contributed by atoms with Crippen molar-refractivity contribution < 1.29 is 5.11 Å². The molecule has 0 amide bonds. The average Bonchev–Trinajstić information content (AvgIpc) is 2.62. The molecule has 0 aliphatic rings. The van der Waals surface area contributed by atoms with Gasteiger partial charge in [0.1, 0.15) is 0 Å². The Morgan fingerprint density at radius 3 is 2.75 bits per heavy atom. The van der Waals surface area contributed by atoms with Crippen molar-refractivity contribution in [3.05, 3.63) is 29.6 Å². The quantitative estimate of drug-likeness (QED) is 0.808. The summed E-state index contributed by atoms with van der Waals surface area (Å²) in [6.07, 6.45) is 1.78. The zero-order valence-corrected chi connectivity index (χ0v) is 9.64. The van der Waals surface area contributed by atoms with Gasteiger partial charge in [-0.25, -0.2) is 4.98 Å². The van der Waals surface area contributed by atoms with Crippen LogP contribution < -0.4 is 5.73 Å². The van der Waals surface area contributed by atoms with E-state index in [9.17, 15) is 0 Å². The number of hydrogen-bond acceptors (Lipinski definition) is 3. The summed E-state index contributed by atoms with van der Waals surface area (Å²) in [6, 6.07) is 3.95. The van der Waals surface area contributed by atoms with Gasteiger partial charge < -0.3 is 15.4 Å². The molecule has 4 nitrogen and oxygen atoms in total. The van der Waals surface area contributed by atoms with Crippen LogP contribution in [0.4, 0.5) is 0 Å². The third-order valence-corrected chi connectivity index (χ3v) is 2.90. The molecule has 1 atom stereocenters. The molecule has 1 unspecified atom stereocenters. The molecule has 2 rings (SSSR count). The molecule has 0 fully saturated rings. The van der Waals surface area contributed by atoms with Crippen LogP contribution in [-0.4, -0.2) is 27.3 Å². The third kappa shape index (κ3) is 1.94. The van der Waals surface area contributed by atoms with E-state index in [1.54, 1.807) is 6.33 Å². The minimum Gasteiger partial charge on any atom is -0.395 e. The Kier molecular flexibility index (Phi) is 2.94. The number of aliphatic hydroxyl groups excluding tert-OH is 1. The number of nitrogens with two attached hydrogens (primary N) is 1. The van der Waals surface area contributed by atoms with Gasteiger partial charge in [-0.15, -0.1) is 0 Å². The summed E-state index contributed by atoms with van der Waals surface area (Å²) >= 11 is 0. The summed E-state index contributed by atoms with van der Waals surface area (Å²) in [5.74, 6) is 0. The lowest BCUT2D eigenvalue weighted by atomic mass is 10.1. The highest BCUT2D eigenvalue weighted by Crippen LogP contribution is 2.18. The molecule has 0 bridgehead atoms. The Labute approximate surface area is 94.7 Å². The molecule has 86 valence electrons. The predicted octanol–water partition coefficient (Wildman–Crippen LogP) is 0.973. The van der Waals surface area contributed by atoms with Gasteiger partial charge in [0.2, 0.25) is 0 Å². The SMILES string of the molecule is Cc1cc2ncn(CC(N)CO)c2cc1C. The normalized spacial score (nSPS) is 13.2. The van der Waals surface area contributed by atoms with Crippen molar-refractivity contribution in [2.24, 2.45) is 5.73 Å². The summed E-state index contributed by atoms with van der Waals surface area (Å²) in [5, 5.41) is 8.95. The van der Waals surface area contributed by atoms with Crippen LogP contribution in [0, 0.1) is 13.8 Å². The Balaban J connectivity index is 2.44. The van der Waals surface area contributed by atoms with Crippen LogP contribution in [-0.2, 0) is 6.54 Å². The molecule has 1 aromatic carbocycles. The molecule has 0 aliphatic carbocycles. The van der Waals surface area contributed by atoms with Crippen LogP contribution in [0.5, 0.6) is 0 Å². The van der Waals surface area contributed by atoms with Crippen molar-refractivity contribution in [2.45, 2.75) is 26.4 Å². The van der Waals surface area contributed by atoms with E-state index in [1.807, 2.05) is 4.57 Å². The number of hydrogen-bond donors (Lipinski definition) is 2. The van der Waals surface area contributed by atoms with Gasteiger partial charge in [0.05, 0.1) is 24.0 Å². The first-order valence-electron chi connectivity index (χ1n) is 5.40. The molecule has 2 aromatic rings. The van der Waals surface area contributed by atoms with Crippen LogP contribution in [0.25, 0.3) is 11.0 Å². The molecule has 1 aromatic heterocycles. The lowest BCUT2D eigenvalue weighted by Gasteiger charge is -2.10. The van der Waals surface area contributed by atoms with Crippen LogP contribution in [0.1, 0.15) is 11.1 Å². The standard InChI is InChI=1S/C12H17N3O/c1-8-3-11-12(4-9(8)2)15(7-14-11)5-10(13)6-16/h3-4,7,10,16H,5-6,13H2,1-2H3. The van der Waals surface area contributed by atoms with E-state index in [1.165, 1.54) is 11.1 Å². The molecular weight excluding hydrogens is 202 g/mol. The number of benzene rings is 1. The molecule has 16 heavy (non-hydrogen) atoms. The van der Waals surface area contributed by atoms with Crippen molar-refractivity contribution in [3.8, 4) is 0 Å². The summed E-state index contributed by atoms with van der Waals surface area (Å²) in [7, 11) is 0. The van der Waals surface area contributed by atoms with Crippen molar-refractivity contribution >= 4 is 11.0 Å². The minimum absolute atomic E-state index is 0.00941. The number of rotatable bonds is 3. The summed E-state index contributed by atoms with van der Waals surface area (Å²) < 4.78 is 1.99. The number of nitrogens with zero attached hydrogens (tertiary/aromatic N) is 2. The van der Waals surface area contributed by atoms with Gasteiger partial charge in [0, 0.05) is 12.6 Å². The maximum atomic E-state index is 8.95. The van der Waals surface area contributed by atoms with Crippen molar-refractivity contribution in [2.75, 3.05) is 6.61 Å². The van der Waals surface area contributed by atoms with Crippen LogP contribution in [0.2, 0.25) is 0 Å². The molecular formula is C12H17N3O. The molecule has 4 heteroatoms. The Hall–Kier alpha value is -1.39. The first-order valence-corrected chi connectivity index (χ1v) is 5.40. The molecule has 0 saturated carbocycles. The highest BCUT2D eigenvalue weighted by molar-refractivity contribution is 5.77. The van der Waals surface area contributed by atoms with Crippen molar-refractivity contribution in [3.63, 3.8) is 0 Å². The van der Waals surface area contributed by atoms with E-state index in [0.717, 1.165) is 11.0 Å². The summed E-state index contributed by atoms with van der Waals surface area (Å²) in [6.45, 7) is 4.74. The van der Waals surface area contributed by atoms with Crippen molar-refractivity contribution in [1.29, 1.82) is 0 Å². The lowest BCUT2D eigenvalue weighted by molar-refractivity contribution is 0.255. The minimum atomic E-state index is -0.237. The fourth-order valence-electron chi connectivity index (χ4n) is 1.77. The van der Waals surface area contributed by atoms with Gasteiger partial charge in [-0.1, -0.05) is 0 Å². The van der Waals surface area contributed by atoms with Crippen molar-refractivity contribution in [1.82, 2.24) is 9.55 Å². The van der Waals surface area contributed by atoms with Gasteiger partial charge in [-0.05, 0) is 37.1 Å². The van der Waals surface area contributed by atoms with E-state index in [2.05, 4.69) is 31.0 Å². The molecule has 0 radical (unpaired) electrons. The van der Waals surface area contributed by atoms with Gasteiger partial charge in [0.25, 0.3) is 0 Å². The van der Waals surface area contributed by atoms with E-state index in [-0.39, 0.29) is 12.6 Å². The zero-order valence-electron chi connectivity index (χ0n) is 9.64. The maximum Gasteiger partial charge on any atom is 0.0958 e. The Morgan fingerprint density at radius 2 is 2.06 bits per heavy atom. The highest BCUT2D eigenvalue weighted by atomic mass is 16.3. The second kappa shape index (κ2) is 4.23. The zero-order chi connectivity index (χ0) is 11.7. The largest absolute Gasteiger partial charge is 0.395 e. The monoisotopic (exact) mass is 219 g/mol. The second-order valence-electron chi connectivity index (χ2n) is 4.26. The highest BCUT2D eigenvalue weighted by Gasteiger charge is 2.07. The summed E-state index contributed by atoms with van der Waals surface area (Å²) in [5.41, 5.74) is 10.3. The first kappa shape index (κ1) is 11.1. The van der Waals surface area contributed by atoms with E-state index >= 15 is 0 Å². The predicted molar refractivity (Wildman–Crippen MR) is 64.3 cm³/mol. The number of fused-ring (bicyclic) bond motifs is 1. The van der Waals surface area contributed by atoms with E-state index in [0.29, 0.717) is 6.54 Å². The third-order valence-electron chi connectivity index (χ3n) is 2.90. The number of imidazole rings is 1. The fourth-order valence-corrected chi connectivity index (χ4v) is 1.77. The van der Waals surface area contributed by atoms with Crippen LogP contribution in [0.15, 0.2) is 18.5 Å². The Bertz CT molecular complexity index is 504. The molecule has 0 saturated heterocycles. The molecule has 0 spiro atoms. The van der Waals surface area contributed by atoms with Crippen LogP contribution >= 0.6 is 0 Å². The first-order chi connectivity index (χ1) is 7.61. The van der Waals surface area contributed by atoms with E-state index in [4.69, 9.17) is 10.8 Å².